The van der Waals surface area contributed by atoms with Crippen molar-refractivity contribution < 1.29 is 4.55 Å². The Labute approximate surface area is 137 Å². The predicted molar refractivity (Wildman–Crippen MR) is 90.7 cm³/mol. The maximum Gasteiger partial charge on any atom is 0.144 e. The van der Waals surface area contributed by atoms with E-state index in [0.717, 1.165) is 0 Å². The first-order valence-corrected chi connectivity index (χ1v) is 8.38. The van der Waals surface area contributed by atoms with E-state index in [2.05, 4.69) is 31.9 Å². The number of rotatable bonds is 4. The summed E-state index contributed by atoms with van der Waals surface area (Å²) < 4.78 is 16.9. The molecule has 2 unspecified atom stereocenters. The first-order valence-electron chi connectivity index (χ1n) is 6.11. The fourth-order valence-corrected chi connectivity index (χ4v) is 2.56. The lowest BCUT2D eigenvalue weighted by Gasteiger charge is -2.21. The van der Waals surface area contributed by atoms with Gasteiger partial charge in [-0.2, -0.15) is 0 Å². The third-order valence-electron chi connectivity index (χ3n) is 2.60. The Balaban J connectivity index is 3.37. The lowest BCUT2D eigenvalue weighted by molar-refractivity contribution is 0.561. The zero-order valence-corrected chi connectivity index (χ0v) is 15.1. The van der Waals surface area contributed by atoms with Gasteiger partial charge in [0.05, 0.1) is 9.50 Å². The number of allylic oxidation sites excluding steroid dienone is 1. The number of hydrogen-bond acceptors (Lipinski definition) is 3. The van der Waals surface area contributed by atoms with Gasteiger partial charge in [-0.25, -0.2) is 0 Å². The van der Waals surface area contributed by atoms with E-state index in [9.17, 15) is 4.55 Å². The van der Waals surface area contributed by atoms with E-state index in [0.29, 0.717) is 20.8 Å². The Bertz CT molecular complexity index is 528. The maximum absolute atomic E-state index is 12.3. The van der Waals surface area contributed by atoms with E-state index in [4.69, 9.17) is 11.6 Å². The predicted octanol–water partition coefficient (Wildman–Crippen LogP) is 4.57. The summed E-state index contributed by atoms with van der Waals surface area (Å²) in [5, 5.41) is 0.512. The number of nitrogens with zero attached hydrogens (tertiary/aromatic N) is 2. The molecule has 110 valence electrons. The second-order valence-electron chi connectivity index (χ2n) is 5.35. The lowest BCUT2D eigenvalue weighted by atomic mass is 10.0. The summed E-state index contributed by atoms with van der Waals surface area (Å²) in [5.74, 6) is -0.0742. The minimum Gasteiger partial charge on any atom is -0.591 e. The summed E-state index contributed by atoms with van der Waals surface area (Å²) in [6.45, 7) is 11.3. The Hall–Kier alpha value is -0.360. The van der Waals surface area contributed by atoms with Gasteiger partial charge in [0.25, 0.3) is 0 Å². The van der Waals surface area contributed by atoms with Gasteiger partial charge in [-0.1, -0.05) is 29.0 Å². The number of halogens is 2. The molecule has 0 amide bonds. The van der Waals surface area contributed by atoms with E-state index in [1.54, 1.807) is 18.5 Å². The molecule has 0 radical (unpaired) electrons. The highest BCUT2D eigenvalue weighted by atomic mass is 79.9. The normalized spacial score (nSPS) is 15.8. The van der Waals surface area contributed by atoms with E-state index in [1.165, 1.54) is 0 Å². The molecule has 1 aromatic heterocycles. The minimum atomic E-state index is -1.37. The summed E-state index contributed by atoms with van der Waals surface area (Å²) in [5.41, 5.74) is 1.30. The van der Waals surface area contributed by atoms with Crippen molar-refractivity contribution in [2.45, 2.75) is 32.4 Å². The molecular weight excluding hydrogens is 360 g/mol. The molecule has 0 spiro atoms. The molecule has 1 rings (SSSR count). The van der Waals surface area contributed by atoms with Gasteiger partial charge in [0.2, 0.25) is 0 Å². The van der Waals surface area contributed by atoms with Crippen LogP contribution in [-0.4, -0.2) is 20.0 Å². The van der Waals surface area contributed by atoms with Crippen molar-refractivity contribution in [1.29, 1.82) is 0 Å². The fourth-order valence-electron chi connectivity index (χ4n) is 1.31. The Morgan fingerprint density at radius 2 is 2.15 bits per heavy atom. The van der Waals surface area contributed by atoms with Gasteiger partial charge >= 0.3 is 0 Å². The molecule has 6 heteroatoms. The molecule has 20 heavy (non-hydrogen) atoms. The topological polar surface area (TPSA) is 48.3 Å². The summed E-state index contributed by atoms with van der Waals surface area (Å²) in [6.07, 6.45) is 4.99. The van der Waals surface area contributed by atoms with Crippen molar-refractivity contribution in [3.05, 3.63) is 40.1 Å². The van der Waals surface area contributed by atoms with Crippen LogP contribution in [0.3, 0.4) is 0 Å². The van der Waals surface area contributed by atoms with Crippen LogP contribution in [0.5, 0.6) is 0 Å². The van der Waals surface area contributed by atoms with Gasteiger partial charge in [0.1, 0.15) is 21.8 Å². The van der Waals surface area contributed by atoms with E-state index < -0.39 is 16.1 Å². The van der Waals surface area contributed by atoms with Gasteiger partial charge in [0, 0.05) is 23.9 Å². The largest absolute Gasteiger partial charge is 0.591 e. The highest BCUT2D eigenvalue weighted by molar-refractivity contribution is 9.10. The Morgan fingerprint density at radius 1 is 1.55 bits per heavy atom. The Morgan fingerprint density at radius 3 is 2.65 bits per heavy atom. The van der Waals surface area contributed by atoms with Crippen molar-refractivity contribution in [3.63, 3.8) is 0 Å². The summed E-state index contributed by atoms with van der Waals surface area (Å²) >= 11 is 8.26. The number of hydrogen-bond donors (Lipinski definition) is 0. The fraction of sp³-hybridized carbons (Fsp3) is 0.429. The van der Waals surface area contributed by atoms with Crippen LogP contribution in [0.25, 0.3) is 0 Å². The molecule has 2 atom stereocenters. The quantitative estimate of drug-likeness (QED) is 0.438. The van der Waals surface area contributed by atoms with Crippen LogP contribution >= 0.6 is 27.5 Å². The summed E-state index contributed by atoms with van der Waals surface area (Å²) in [6, 6.07) is 0. The molecular formula is C14H18BrClN2OS. The van der Waals surface area contributed by atoms with Gasteiger partial charge in [0.15, 0.2) is 0 Å². The van der Waals surface area contributed by atoms with Crippen LogP contribution in [0.2, 0.25) is 5.02 Å². The molecule has 0 saturated carbocycles. The van der Waals surface area contributed by atoms with Crippen LogP contribution in [-0.2, 0) is 11.4 Å². The zero-order chi connectivity index (χ0) is 15.5. The van der Waals surface area contributed by atoms with Gasteiger partial charge in [-0.15, -0.1) is 6.58 Å². The average molecular weight is 378 g/mol. The van der Waals surface area contributed by atoms with Crippen molar-refractivity contribution in [3.8, 4) is 0 Å². The van der Waals surface area contributed by atoms with Crippen LogP contribution < -0.4 is 0 Å². The molecule has 0 bridgehead atoms. The molecule has 0 aliphatic rings. The Kier molecular flexibility index (Phi) is 6.25. The zero-order valence-electron chi connectivity index (χ0n) is 12.0. The molecule has 1 heterocycles. The lowest BCUT2D eigenvalue weighted by Crippen LogP contribution is -2.28. The first kappa shape index (κ1) is 17.7. The van der Waals surface area contributed by atoms with Crippen molar-refractivity contribution >= 4 is 44.6 Å². The standard InChI is InChI=1S/C14H18BrClN2OS/c1-6-9(2)13(18-20(19)14(3,4)5)10-7-17-8-11(15)12(10)16/h6-9H,1H2,2-5H3/b18-13+. The second kappa shape index (κ2) is 7.07. The third kappa shape index (κ3) is 4.32. The van der Waals surface area contributed by atoms with Gasteiger partial charge in [-0.3, -0.25) is 4.98 Å². The smallest absolute Gasteiger partial charge is 0.144 e. The van der Waals surface area contributed by atoms with Crippen molar-refractivity contribution in [2.24, 2.45) is 10.3 Å². The van der Waals surface area contributed by atoms with Crippen LogP contribution in [0.4, 0.5) is 0 Å². The molecule has 1 aromatic rings. The second-order valence-corrected chi connectivity index (χ2v) is 8.48. The highest BCUT2D eigenvalue weighted by Gasteiger charge is 2.29. The van der Waals surface area contributed by atoms with E-state index in [1.807, 2.05) is 27.7 Å². The van der Waals surface area contributed by atoms with Crippen LogP contribution in [0, 0.1) is 5.92 Å². The highest BCUT2D eigenvalue weighted by Crippen LogP contribution is 2.29. The summed E-state index contributed by atoms with van der Waals surface area (Å²) in [7, 11) is 0. The minimum absolute atomic E-state index is 0.0742. The van der Waals surface area contributed by atoms with Gasteiger partial charge in [-0.05, 0) is 36.7 Å². The van der Waals surface area contributed by atoms with Crippen LogP contribution in [0.15, 0.2) is 33.9 Å². The molecule has 0 aliphatic carbocycles. The molecule has 0 saturated heterocycles. The average Bonchev–Trinajstić information content (AvgIpc) is 2.37. The number of aromatic nitrogens is 1. The molecule has 0 N–H and O–H groups in total. The monoisotopic (exact) mass is 376 g/mol. The SMILES string of the molecule is C=CC(C)/C(=N\[S+]([O-])C(C)(C)C)c1cncc(Br)c1Cl. The van der Waals surface area contributed by atoms with E-state index in [-0.39, 0.29) is 5.92 Å². The number of pyridine rings is 1. The van der Waals surface area contributed by atoms with Crippen molar-refractivity contribution in [1.82, 2.24) is 4.98 Å². The summed E-state index contributed by atoms with van der Waals surface area (Å²) in [4.78, 5) is 4.11. The first-order chi connectivity index (χ1) is 9.18. The maximum atomic E-state index is 12.3. The van der Waals surface area contributed by atoms with E-state index >= 15 is 0 Å². The molecule has 0 fully saturated rings. The molecule has 3 nitrogen and oxygen atoms in total. The van der Waals surface area contributed by atoms with Gasteiger partial charge < -0.3 is 4.55 Å². The molecule has 0 aliphatic heterocycles. The van der Waals surface area contributed by atoms with Crippen LogP contribution in [0.1, 0.15) is 33.3 Å². The van der Waals surface area contributed by atoms with Crippen molar-refractivity contribution in [2.75, 3.05) is 0 Å². The third-order valence-corrected chi connectivity index (χ3v) is 5.25. The molecule has 0 aromatic carbocycles.